The summed E-state index contributed by atoms with van der Waals surface area (Å²) in [4.78, 5) is 11.5. The van der Waals surface area contributed by atoms with Gasteiger partial charge in [0.15, 0.2) is 0 Å². The van der Waals surface area contributed by atoms with Crippen LogP contribution in [0.15, 0.2) is 24.3 Å². The number of benzene rings is 1. The van der Waals surface area contributed by atoms with E-state index in [0.29, 0.717) is 12.0 Å². The van der Waals surface area contributed by atoms with Crippen molar-refractivity contribution in [1.82, 2.24) is 5.32 Å². The van der Waals surface area contributed by atoms with Gasteiger partial charge in [-0.1, -0.05) is 19.1 Å². The first kappa shape index (κ1) is 12.6. The molecule has 0 fully saturated rings. The highest BCUT2D eigenvalue weighted by Crippen LogP contribution is 2.04. The van der Waals surface area contributed by atoms with Crippen molar-refractivity contribution in [3.63, 3.8) is 0 Å². The van der Waals surface area contributed by atoms with Crippen LogP contribution in [0.25, 0.3) is 0 Å². The maximum absolute atomic E-state index is 12.8. The molecule has 1 atom stereocenters. The Bertz CT molecular complexity index is 351. The quantitative estimate of drug-likeness (QED) is 0.792. The highest BCUT2D eigenvalue weighted by atomic mass is 19.1. The highest BCUT2D eigenvalue weighted by molar-refractivity contribution is 5.78. The lowest BCUT2D eigenvalue weighted by atomic mass is 10.1. The maximum Gasteiger partial charge on any atom is 0.224 e. The molecule has 0 aliphatic rings. The second kappa shape index (κ2) is 6.23. The van der Waals surface area contributed by atoms with Crippen LogP contribution in [0.2, 0.25) is 0 Å². The molecule has 0 radical (unpaired) electrons. The van der Waals surface area contributed by atoms with Crippen LogP contribution in [0.3, 0.4) is 0 Å². The second-order valence-electron chi connectivity index (χ2n) is 3.66. The number of carbonyl (C=O) groups is 1. The van der Waals surface area contributed by atoms with Crippen molar-refractivity contribution < 1.29 is 14.3 Å². The molecular weight excluding hydrogens is 209 g/mol. The number of hydrogen-bond donors (Lipinski definition) is 2. The van der Waals surface area contributed by atoms with Crippen molar-refractivity contribution in [3.05, 3.63) is 35.6 Å². The third-order valence-electron chi connectivity index (χ3n) is 2.33. The van der Waals surface area contributed by atoms with Crippen molar-refractivity contribution in [2.75, 3.05) is 6.61 Å². The predicted octanol–water partition coefficient (Wildman–Crippen LogP) is 1.26. The number of halogens is 1. The number of nitrogens with one attached hydrogen (secondary N) is 1. The molecule has 0 aromatic heterocycles. The summed E-state index contributed by atoms with van der Waals surface area (Å²) in [6.07, 6.45) is 0.805. The molecule has 2 N–H and O–H groups in total. The van der Waals surface area contributed by atoms with Crippen LogP contribution in [-0.2, 0) is 11.2 Å². The molecule has 0 saturated heterocycles. The number of carbonyl (C=O) groups excluding carboxylic acids is 1. The lowest BCUT2D eigenvalue weighted by molar-refractivity contribution is -0.121. The van der Waals surface area contributed by atoms with Crippen LogP contribution in [0.1, 0.15) is 18.9 Å². The van der Waals surface area contributed by atoms with Crippen LogP contribution in [0.5, 0.6) is 0 Å². The van der Waals surface area contributed by atoms with E-state index in [-0.39, 0.29) is 30.8 Å². The first-order valence-corrected chi connectivity index (χ1v) is 5.30. The minimum absolute atomic E-state index is 0.0780. The van der Waals surface area contributed by atoms with Crippen LogP contribution in [0.4, 0.5) is 4.39 Å². The van der Waals surface area contributed by atoms with Crippen molar-refractivity contribution in [2.24, 2.45) is 0 Å². The molecule has 1 aromatic rings. The van der Waals surface area contributed by atoms with E-state index < -0.39 is 0 Å². The first-order chi connectivity index (χ1) is 7.65. The van der Waals surface area contributed by atoms with Gasteiger partial charge in [0.1, 0.15) is 5.82 Å². The van der Waals surface area contributed by atoms with E-state index >= 15 is 0 Å². The SMILES string of the molecule is CCC(CO)NC(=O)Cc1cccc(F)c1. The van der Waals surface area contributed by atoms with E-state index in [0.717, 1.165) is 0 Å². The summed E-state index contributed by atoms with van der Waals surface area (Å²) >= 11 is 0. The summed E-state index contributed by atoms with van der Waals surface area (Å²) in [5, 5.41) is 11.6. The largest absolute Gasteiger partial charge is 0.394 e. The summed E-state index contributed by atoms with van der Waals surface area (Å²) in [6.45, 7) is 1.80. The van der Waals surface area contributed by atoms with Gasteiger partial charge in [0.25, 0.3) is 0 Å². The van der Waals surface area contributed by atoms with Gasteiger partial charge in [0, 0.05) is 0 Å². The van der Waals surface area contributed by atoms with Crippen LogP contribution in [-0.4, -0.2) is 23.7 Å². The van der Waals surface area contributed by atoms with E-state index in [2.05, 4.69) is 5.32 Å². The number of hydrogen-bond acceptors (Lipinski definition) is 2. The van der Waals surface area contributed by atoms with Gasteiger partial charge >= 0.3 is 0 Å². The van der Waals surface area contributed by atoms with E-state index in [1.165, 1.54) is 12.1 Å². The fourth-order valence-corrected chi connectivity index (χ4v) is 1.39. The van der Waals surface area contributed by atoms with Crippen LogP contribution < -0.4 is 5.32 Å². The topological polar surface area (TPSA) is 49.3 Å². The molecule has 0 aliphatic heterocycles. The van der Waals surface area contributed by atoms with Gasteiger partial charge in [-0.15, -0.1) is 0 Å². The summed E-state index contributed by atoms with van der Waals surface area (Å²) in [5.41, 5.74) is 0.630. The normalized spacial score (nSPS) is 12.2. The zero-order valence-corrected chi connectivity index (χ0v) is 9.24. The van der Waals surface area contributed by atoms with Gasteiger partial charge in [0.05, 0.1) is 19.1 Å². The van der Waals surface area contributed by atoms with Gasteiger partial charge < -0.3 is 10.4 Å². The monoisotopic (exact) mass is 225 g/mol. The summed E-state index contributed by atoms with van der Waals surface area (Å²) < 4.78 is 12.8. The zero-order valence-electron chi connectivity index (χ0n) is 9.24. The van der Waals surface area contributed by atoms with Crippen molar-refractivity contribution in [3.8, 4) is 0 Å². The predicted molar refractivity (Wildman–Crippen MR) is 59.4 cm³/mol. The number of rotatable bonds is 5. The number of aliphatic hydroxyl groups is 1. The van der Waals surface area contributed by atoms with Gasteiger partial charge in [-0.3, -0.25) is 4.79 Å². The average Bonchev–Trinajstić information content (AvgIpc) is 2.26. The Hall–Kier alpha value is -1.42. The summed E-state index contributed by atoms with van der Waals surface area (Å²) in [7, 11) is 0. The standard InChI is InChI=1S/C12H16FNO2/c1-2-11(8-15)14-12(16)7-9-4-3-5-10(13)6-9/h3-6,11,15H,2,7-8H2,1H3,(H,14,16). The number of aliphatic hydroxyl groups excluding tert-OH is 1. The zero-order chi connectivity index (χ0) is 12.0. The van der Waals surface area contributed by atoms with Crippen LogP contribution >= 0.6 is 0 Å². The van der Waals surface area contributed by atoms with Gasteiger partial charge in [0.2, 0.25) is 5.91 Å². The molecule has 88 valence electrons. The molecule has 1 amide bonds. The van der Waals surface area contributed by atoms with E-state index in [9.17, 15) is 9.18 Å². The Balaban J connectivity index is 2.51. The molecule has 0 spiro atoms. The molecule has 16 heavy (non-hydrogen) atoms. The molecule has 4 heteroatoms. The molecular formula is C12H16FNO2. The van der Waals surface area contributed by atoms with Gasteiger partial charge in [-0.2, -0.15) is 0 Å². The smallest absolute Gasteiger partial charge is 0.224 e. The molecule has 0 bridgehead atoms. The summed E-state index contributed by atoms with van der Waals surface area (Å²) in [5.74, 6) is -0.550. The molecule has 3 nitrogen and oxygen atoms in total. The Morgan fingerprint density at radius 2 is 2.31 bits per heavy atom. The van der Waals surface area contributed by atoms with Crippen LogP contribution in [0, 0.1) is 5.82 Å². The molecule has 1 unspecified atom stereocenters. The third-order valence-corrected chi connectivity index (χ3v) is 2.33. The number of amides is 1. The van der Waals surface area contributed by atoms with Crippen molar-refractivity contribution in [1.29, 1.82) is 0 Å². The van der Waals surface area contributed by atoms with E-state index in [1.807, 2.05) is 6.92 Å². The Labute approximate surface area is 94.3 Å². The Morgan fingerprint density at radius 1 is 1.56 bits per heavy atom. The molecule has 1 rings (SSSR count). The van der Waals surface area contributed by atoms with E-state index in [1.54, 1.807) is 12.1 Å². The average molecular weight is 225 g/mol. The van der Waals surface area contributed by atoms with Crippen molar-refractivity contribution >= 4 is 5.91 Å². The Kier molecular flexibility index (Phi) is 4.92. The van der Waals surface area contributed by atoms with E-state index in [4.69, 9.17) is 5.11 Å². The lowest BCUT2D eigenvalue weighted by Gasteiger charge is -2.13. The molecule has 0 saturated carbocycles. The highest BCUT2D eigenvalue weighted by Gasteiger charge is 2.09. The fourth-order valence-electron chi connectivity index (χ4n) is 1.39. The minimum Gasteiger partial charge on any atom is -0.394 e. The van der Waals surface area contributed by atoms with Crippen molar-refractivity contribution in [2.45, 2.75) is 25.8 Å². The maximum atomic E-state index is 12.8. The summed E-state index contributed by atoms with van der Waals surface area (Å²) in [6, 6.07) is 5.72. The third kappa shape index (κ3) is 3.98. The first-order valence-electron chi connectivity index (χ1n) is 5.30. The second-order valence-corrected chi connectivity index (χ2v) is 3.66. The molecule has 1 aromatic carbocycles. The lowest BCUT2D eigenvalue weighted by Crippen LogP contribution is -2.37. The Morgan fingerprint density at radius 3 is 2.88 bits per heavy atom. The fraction of sp³-hybridized carbons (Fsp3) is 0.417. The van der Waals surface area contributed by atoms with Gasteiger partial charge in [-0.25, -0.2) is 4.39 Å². The minimum atomic E-state index is -0.348. The molecule has 0 heterocycles. The van der Waals surface area contributed by atoms with Gasteiger partial charge in [-0.05, 0) is 24.1 Å². The molecule has 0 aliphatic carbocycles.